The highest BCUT2D eigenvalue weighted by molar-refractivity contribution is 5.81. The molecule has 1 aliphatic heterocycles. The highest BCUT2D eigenvalue weighted by atomic mass is 15.2. The van der Waals surface area contributed by atoms with Crippen LogP contribution in [0, 0.1) is 16.7 Å². The van der Waals surface area contributed by atoms with Gasteiger partial charge in [-0.15, -0.1) is 0 Å². The second kappa shape index (κ2) is 3.56. The lowest BCUT2D eigenvalue weighted by Gasteiger charge is -2.48. The van der Waals surface area contributed by atoms with Gasteiger partial charge in [0.1, 0.15) is 0 Å². The van der Waals surface area contributed by atoms with Gasteiger partial charge in [-0.05, 0) is 31.1 Å². The number of likely N-dealkylation sites (tertiary alicyclic amines) is 1. The maximum Gasteiger partial charge on any atom is 0.0983 e. The minimum Gasteiger partial charge on any atom is -0.360 e. The monoisotopic (exact) mass is 194 g/mol. The number of hydrogen-bond donors (Lipinski definition) is 1. The number of rotatable bonds is 1. The molecule has 80 valence electrons. The fraction of sp³-hybridized carbons (Fsp3) is 0.917. The number of amidine groups is 1. The lowest BCUT2D eigenvalue weighted by atomic mass is 9.63. The van der Waals surface area contributed by atoms with Crippen molar-refractivity contribution in [1.82, 2.24) is 4.90 Å². The summed E-state index contributed by atoms with van der Waals surface area (Å²) in [5, 5.41) is 7.97. The van der Waals surface area contributed by atoms with Gasteiger partial charge in [0.05, 0.1) is 5.84 Å². The topological polar surface area (TPSA) is 27.1 Å². The number of hydrogen-bond acceptors (Lipinski definition) is 1. The number of nitrogens with one attached hydrogen (secondary N) is 1. The molecule has 1 saturated heterocycles. The predicted octanol–water partition coefficient (Wildman–Crippen LogP) is 2.89. The molecular weight excluding hydrogens is 172 g/mol. The molecule has 1 spiro atoms. The SMILES string of the molecule is CC(C)C(=N)N1CCC2(CCC2)CC1. The van der Waals surface area contributed by atoms with Crippen LogP contribution in [0.1, 0.15) is 46.0 Å². The Balaban J connectivity index is 1.86. The molecule has 14 heavy (non-hydrogen) atoms. The Morgan fingerprint density at radius 3 is 2.07 bits per heavy atom. The molecule has 0 unspecified atom stereocenters. The molecule has 2 heteroatoms. The Morgan fingerprint density at radius 2 is 1.71 bits per heavy atom. The first-order chi connectivity index (χ1) is 6.63. The van der Waals surface area contributed by atoms with Gasteiger partial charge in [-0.25, -0.2) is 0 Å². The third-order valence-corrected chi connectivity index (χ3v) is 4.13. The third kappa shape index (κ3) is 1.67. The summed E-state index contributed by atoms with van der Waals surface area (Å²) in [6.45, 7) is 6.51. The summed E-state index contributed by atoms with van der Waals surface area (Å²) in [6.07, 6.45) is 7.03. The summed E-state index contributed by atoms with van der Waals surface area (Å²) < 4.78 is 0. The van der Waals surface area contributed by atoms with Crippen LogP contribution in [0.2, 0.25) is 0 Å². The van der Waals surface area contributed by atoms with Crippen LogP contribution >= 0.6 is 0 Å². The summed E-state index contributed by atoms with van der Waals surface area (Å²) in [4.78, 5) is 2.29. The third-order valence-electron chi connectivity index (χ3n) is 4.13. The van der Waals surface area contributed by atoms with E-state index in [0.717, 1.165) is 18.9 Å². The van der Waals surface area contributed by atoms with Crippen molar-refractivity contribution in [2.75, 3.05) is 13.1 Å². The Labute approximate surface area is 87.2 Å². The highest BCUT2D eigenvalue weighted by Gasteiger charge is 2.39. The lowest BCUT2D eigenvalue weighted by molar-refractivity contribution is 0.0554. The first kappa shape index (κ1) is 10.0. The molecule has 0 aromatic heterocycles. The van der Waals surface area contributed by atoms with Crippen LogP contribution in [0.4, 0.5) is 0 Å². The summed E-state index contributed by atoms with van der Waals surface area (Å²) in [5.74, 6) is 1.24. The molecule has 0 aromatic carbocycles. The average molecular weight is 194 g/mol. The Bertz CT molecular complexity index is 218. The number of nitrogens with zero attached hydrogens (tertiary/aromatic N) is 1. The number of piperidine rings is 1. The molecule has 0 bridgehead atoms. The van der Waals surface area contributed by atoms with E-state index < -0.39 is 0 Å². The van der Waals surface area contributed by atoms with Crippen molar-refractivity contribution in [3.8, 4) is 0 Å². The van der Waals surface area contributed by atoms with Crippen molar-refractivity contribution in [2.24, 2.45) is 11.3 Å². The van der Waals surface area contributed by atoms with E-state index in [1.165, 1.54) is 32.1 Å². The molecule has 2 nitrogen and oxygen atoms in total. The van der Waals surface area contributed by atoms with Crippen LogP contribution in [0.5, 0.6) is 0 Å². The van der Waals surface area contributed by atoms with Crippen LogP contribution < -0.4 is 0 Å². The van der Waals surface area contributed by atoms with Gasteiger partial charge in [-0.1, -0.05) is 20.3 Å². The zero-order chi connectivity index (χ0) is 10.2. The molecule has 1 heterocycles. The van der Waals surface area contributed by atoms with E-state index in [1.54, 1.807) is 0 Å². The van der Waals surface area contributed by atoms with Crippen molar-refractivity contribution in [3.63, 3.8) is 0 Å². The van der Waals surface area contributed by atoms with Gasteiger partial charge >= 0.3 is 0 Å². The summed E-state index contributed by atoms with van der Waals surface area (Å²) in [7, 11) is 0. The Morgan fingerprint density at radius 1 is 1.14 bits per heavy atom. The van der Waals surface area contributed by atoms with Crippen LogP contribution in [-0.4, -0.2) is 23.8 Å². The molecule has 0 amide bonds. The second-order valence-electron chi connectivity index (χ2n) is 5.38. The van der Waals surface area contributed by atoms with Gasteiger partial charge < -0.3 is 4.90 Å². The highest BCUT2D eigenvalue weighted by Crippen LogP contribution is 2.48. The Hall–Kier alpha value is -0.530. The smallest absolute Gasteiger partial charge is 0.0983 e. The van der Waals surface area contributed by atoms with E-state index in [2.05, 4.69) is 18.7 Å². The molecule has 1 saturated carbocycles. The molecule has 0 radical (unpaired) electrons. The normalized spacial score (nSPS) is 25.2. The molecule has 0 aromatic rings. The quantitative estimate of drug-likeness (QED) is 0.504. The summed E-state index contributed by atoms with van der Waals surface area (Å²) >= 11 is 0. The van der Waals surface area contributed by atoms with Gasteiger partial charge in [-0.3, -0.25) is 5.41 Å². The van der Waals surface area contributed by atoms with Crippen LogP contribution in [0.25, 0.3) is 0 Å². The Kier molecular flexibility index (Phi) is 2.54. The summed E-state index contributed by atoms with van der Waals surface area (Å²) in [6, 6.07) is 0. The molecular formula is C12H22N2. The molecule has 1 aliphatic carbocycles. The maximum absolute atomic E-state index is 7.97. The zero-order valence-corrected chi connectivity index (χ0v) is 9.47. The van der Waals surface area contributed by atoms with Crippen molar-refractivity contribution < 1.29 is 0 Å². The first-order valence-corrected chi connectivity index (χ1v) is 5.96. The fourth-order valence-electron chi connectivity index (χ4n) is 2.76. The van der Waals surface area contributed by atoms with E-state index in [1.807, 2.05) is 0 Å². The minimum absolute atomic E-state index is 0.394. The van der Waals surface area contributed by atoms with Crippen LogP contribution in [-0.2, 0) is 0 Å². The second-order valence-corrected chi connectivity index (χ2v) is 5.38. The van der Waals surface area contributed by atoms with Gasteiger partial charge in [0.15, 0.2) is 0 Å². The largest absolute Gasteiger partial charge is 0.360 e. The van der Waals surface area contributed by atoms with Crippen molar-refractivity contribution in [2.45, 2.75) is 46.0 Å². The van der Waals surface area contributed by atoms with E-state index in [0.29, 0.717) is 11.3 Å². The predicted molar refractivity (Wildman–Crippen MR) is 59.7 cm³/mol. The van der Waals surface area contributed by atoms with E-state index in [4.69, 9.17) is 5.41 Å². The van der Waals surface area contributed by atoms with E-state index in [9.17, 15) is 0 Å². The van der Waals surface area contributed by atoms with Crippen LogP contribution in [0.3, 0.4) is 0 Å². The van der Waals surface area contributed by atoms with Gasteiger partial charge in [0, 0.05) is 19.0 Å². The average Bonchev–Trinajstić information content (AvgIpc) is 2.14. The maximum atomic E-state index is 7.97. The fourth-order valence-corrected chi connectivity index (χ4v) is 2.76. The van der Waals surface area contributed by atoms with Crippen molar-refractivity contribution in [1.29, 1.82) is 5.41 Å². The molecule has 2 fully saturated rings. The van der Waals surface area contributed by atoms with Gasteiger partial charge in [-0.2, -0.15) is 0 Å². The lowest BCUT2D eigenvalue weighted by Crippen LogP contribution is -2.46. The minimum atomic E-state index is 0.394. The first-order valence-electron chi connectivity index (χ1n) is 5.96. The standard InChI is InChI=1S/C12H22N2/c1-10(2)11(13)14-8-6-12(7-9-14)4-3-5-12/h10,13H,3-9H2,1-2H3. The molecule has 0 atom stereocenters. The molecule has 1 N–H and O–H groups in total. The van der Waals surface area contributed by atoms with E-state index in [-0.39, 0.29) is 0 Å². The van der Waals surface area contributed by atoms with Gasteiger partial charge in [0.2, 0.25) is 0 Å². The van der Waals surface area contributed by atoms with Crippen LogP contribution in [0.15, 0.2) is 0 Å². The summed E-state index contributed by atoms with van der Waals surface area (Å²) in [5.41, 5.74) is 0.716. The van der Waals surface area contributed by atoms with Crippen molar-refractivity contribution >= 4 is 5.84 Å². The van der Waals surface area contributed by atoms with Gasteiger partial charge in [0.25, 0.3) is 0 Å². The molecule has 2 aliphatic rings. The zero-order valence-electron chi connectivity index (χ0n) is 9.47. The van der Waals surface area contributed by atoms with Crippen molar-refractivity contribution in [3.05, 3.63) is 0 Å². The van der Waals surface area contributed by atoms with E-state index >= 15 is 0 Å². The molecule has 2 rings (SSSR count).